The van der Waals surface area contributed by atoms with Crippen LogP contribution in [0.5, 0.6) is 0 Å². The molecule has 1 aromatic carbocycles. The second kappa shape index (κ2) is 7.87. The van der Waals surface area contributed by atoms with Crippen LogP contribution < -0.4 is 10.2 Å². The molecular formula is C16H25ClN2O. The summed E-state index contributed by atoms with van der Waals surface area (Å²) in [6.07, 6.45) is 3.81. The SMILES string of the molecule is CCCN(c1ccc(CNCCOC)c(Cl)c1)C1CC1. The summed E-state index contributed by atoms with van der Waals surface area (Å²) in [5.41, 5.74) is 2.42. The van der Waals surface area contributed by atoms with E-state index in [1.165, 1.54) is 24.9 Å². The van der Waals surface area contributed by atoms with Crippen molar-refractivity contribution in [3.8, 4) is 0 Å². The van der Waals surface area contributed by atoms with E-state index in [1.54, 1.807) is 7.11 Å². The van der Waals surface area contributed by atoms with Crippen molar-refractivity contribution in [2.45, 2.75) is 38.8 Å². The van der Waals surface area contributed by atoms with Crippen LogP contribution in [0.25, 0.3) is 0 Å². The van der Waals surface area contributed by atoms with Gasteiger partial charge >= 0.3 is 0 Å². The number of nitrogens with one attached hydrogen (secondary N) is 1. The number of anilines is 1. The van der Waals surface area contributed by atoms with Gasteiger partial charge in [0.05, 0.1) is 6.61 Å². The van der Waals surface area contributed by atoms with Gasteiger partial charge in [0, 0.05) is 43.5 Å². The normalized spacial score (nSPS) is 14.6. The molecule has 20 heavy (non-hydrogen) atoms. The second-order valence-electron chi connectivity index (χ2n) is 5.37. The minimum atomic E-state index is 0.724. The molecule has 0 aliphatic heterocycles. The van der Waals surface area contributed by atoms with Gasteiger partial charge in [-0.25, -0.2) is 0 Å². The van der Waals surface area contributed by atoms with Gasteiger partial charge < -0.3 is 15.0 Å². The largest absolute Gasteiger partial charge is 0.383 e. The lowest BCUT2D eigenvalue weighted by molar-refractivity contribution is 0.199. The highest BCUT2D eigenvalue weighted by molar-refractivity contribution is 6.31. The standard InChI is InChI=1S/C16H25ClN2O/c1-3-9-19(14-6-7-14)15-5-4-13(16(17)11-15)12-18-8-10-20-2/h4-5,11,14,18H,3,6-10,12H2,1-2H3. The number of hydrogen-bond donors (Lipinski definition) is 1. The Morgan fingerprint density at radius 3 is 2.80 bits per heavy atom. The molecule has 0 unspecified atom stereocenters. The summed E-state index contributed by atoms with van der Waals surface area (Å²) in [7, 11) is 1.71. The third-order valence-electron chi connectivity index (χ3n) is 3.62. The maximum Gasteiger partial charge on any atom is 0.0587 e. The number of benzene rings is 1. The van der Waals surface area contributed by atoms with Crippen molar-refractivity contribution >= 4 is 17.3 Å². The molecule has 4 heteroatoms. The summed E-state index contributed by atoms with van der Waals surface area (Å²) in [6.45, 7) is 5.71. The van der Waals surface area contributed by atoms with Crippen LogP contribution in [0.15, 0.2) is 18.2 Å². The lowest BCUT2D eigenvalue weighted by atomic mass is 10.2. The van der Waals surface area contributed by atoms with E-state index in [2.05, 4.69) is 35.3 Å². The summed E-state index contributed by atoms with van der Waals surface area (Å²) in [5.74, 6) is 0. The van der Waals surface area contributed by atoms with E-state index in [1.807, 2.05) is 0 Å². The van der Waals surface area contributed by atoms with E-state index in [9.17, 15) is 0 Å². The van der Waals surface area contributed by atoms with E-state index >= 15 is 0 Å². The van der Waals surface area contributed by atoms with Crippen LogP contribution in [0, 0.1) is 0 Å². The molecule has 3 nitrogen and oxygen atoms in total. The zero-order chi connectivity index (χ0) is 14.4. The Labute approximate surface area is 127 Å². The molecular weight excluding hydrogens is 272 g/mol. The molecule has 0 aromatic heterocycles. The summed E-state index contributed by atoms with van der Waals surface area (Å²) < 4.78 is 5.02. The molecule has 0 atom stereocenters. The van der Waals surface area contributed by atoms with Gasteiger partial charge in [-0.1, -0.05) is 24.6 Å². The average molecular weight is 297 g/mol. The fourth-order valence-corrected chi connectivity index (χ4v) is 2.65. The number of halogens is 1. The Morgan fingerprint density at radius 1 is 1.40 bits per heavy atom. The fraction of sp³-hybridized carbons (Fsp3) is 0.625. The number of ether oxygens (including phenoxy) is 1. The third-order valence-corrected chi connectivity index (χ3v) is 3.97. The van der Waals surface area contributed by atoms with Crippen molar-refractivity contribution in [1.29, 1.82) is 0 Å². The van der Waals surface area contributed by atoms with Crippen LogP contribution in [0.4, 0.5) is 5.69 Å². The topological polar surface area (TPSA) is 24.5 Å². The molecule has 1 fully saturated rings. The quantitative estimate of drug-likeness (QED) is 0.706. The molecule has 0 amide bonds. The van der Waals surface area contributed by atoms with E-state index in [0.29, 0.717) is 0 Å². The van der Waals surface area contributed by atoms with Crippen LogP contribution in [0.1, 0.15) is 31.7 Å². The van der Waals surface area contributed by atoms with Crippen LogP contribution in [-0.4, -0.2) is 32.8 Å². The van der Waals surface area contributed by atoms with Crippen LogP contribution in [0.2, 0.25) is 5.02 Å². The number of methoxy groups -OCH3 is 1. The zero-order valence-corrected chi connectivity index (χ0v) is 13.2. The minimum Gasteiger partial charge on any atom is -0.383 e. The predicted octanol–water partition coefficient (Wildman–Crippen LogP) is 3.45. The monoisotopic (exact) mass is 296 g/mol. The van der Waals surface area contributed by atoms with Gasteiger partial charge in [0.2, 0.25) is 0 Å². The highest BCUT2D eigenvalue weighted by Crippen LogP contribution is 2.33. The van der Waals surface area contributed by atoms with Crippen molar-refractivity contribution in [3.63, 3.8) is 0 Å². The van der Waals surface area contributed by atoms with Gasteiger partial charge in [-0.15, -0.1) is 0 Å². The molecule has 1 aliphatic carbocycles. The molecule has 1 N–H and O–H groups in total. The third kappa shape index (κ3) is 4.37. The number of hydrogen-bond acceptors (Lipinski definition) is 3. The first-order valence-corrected chi connectivity index (χ1v) is 7.88. The van der Waals surface area contributed by atoms with E-state index in [-0.39, 0.29) is 0 Å². The molecule has 112 valence electrons. The zero-order valence-electron chi connectivity index (χ0n) is 12.5. The van der Waals surface area contributed by atoms with Crippen LogP contribution in [0.3, 0.4) is 0 Å². The fourth-order valence-electron chi connectivity index (χ4n) is 2.41. The van der Waals surface area contributed by atoms with Gasteiger partial charge in [-0.05, 0) is 37.0 Å². The van der Waals surface area contributed by atoms with E-state index in [0.717, 1.165) is 42.9 Å². The predicted molar refractivity (Wildman–Crippen MR) is 85.7 cm³/mol. The summed E-state index contributed by atoms with van der Waals surface area (Å²) in [6, 6.07) is 7.19. The lowest BCUT2D eigenvalue weighted by Gasteiger charge is -2.24. The van der Waals surface area contributed by atoms with E-state index < -0.39 is 0 Å². The van der Waals surface area contributed by atoms with E-state index in [4.69, 9.17) is 16.3 Å². The lowest BCUT2D eigenvalue weighted by Crippen LogP contribution is -2.26. The molecule has 1 saturated carbocycles. The second-order valence-corrected chi connectivity index (χ2v) is 5.78. The van der Waals surface area contributed by atoms with Gasteiger partial charge in [-0.2, -0.15) is 0 Å². The average Bonchev–Trinajstić information content (AvgIpc) is 3.27. The van der Waals surface area contributed by atoms with Gasteiger partial charge in [-0.3, -0.25) is 0 Å². The van der Waals surface area contributed by atoms with Gasteiger partial charge in [0.25, 0.3) is 0 Å². The Balaban J connectivity index is 1.97. The first-order valence-electron chi connectivity index (χ1n) is 7.51. The molecule has 0 radical (unpaired) electrons. The Kier molecular flexibility index (Phi) is 6.14. The highest BCUT2D eigenvalue weighted by Gasteiger charge is 2.28. The first-order chi connectivity index (χ1) is 9.76. The van der Waals surface area contributed by atoms with Gasteiger partial charge in [0.15, 0.2) is 0 Å². The van der Waals surface area contributed by atoms with Crippen molar-refractivity contribution in [2.75, 3.05) is 31.7 Å². The van der Waals surface area contributed by atoms with Crippen molar-refractivity contribution in [1.82, 2.24) is 5.32 Å². The summed E-state index contributed by atoms with van der Waals surface area (Å²) >= 11 is 6.41. The van der Waals surface area contributed by atoms with Crippen molar-refractivity contribution < 1.29 is 4.74 Å². The molecule has 0 heterocycles. The Hall–Kier alpha value is -0.770. The van der Waals surface area contributed by atoms with Crippen LogP contribution >= 0.6 is 11.6 Å². The minimum absolute atomic E-state index is 0.724. The Morgan fingerprint density at radius 2 is 2.20 bits per heavy atom. The number of nitrogens with zero attached hydrogens (tertiary/aromatic N) is 1. The summed E-state index contributed by atoms with van der Waals surface area (Å²) in [5, 5.41) is 4.19. The van der Waals surface area contributed by atoms with Crippen molar-refractivity contribution in [2.24, 2.45) is 0 Å². The van der Waals surface area contributed by atoms with Crippen molar-refractivity contribution in [3.05, 3.63) is 28.8 Å². The maximum atomic E-state index is 6.41. The summed E-state index contributed by atoms with van der Waals surface area (Å²) in [4.78, 5) is 2.49. The maximum absolute atomic E-state index is 6.41. The molecule has 1 aliphatic rings. The molecule has 0 spiro atoms. The van der Waals surface area contributed by atoms with Crippen LogP contribution in [-0.2, 0) is 11.3 Å². The molecule has 0 saturated heterocycles. The van der Waals surface area contributed by atoms with Gasteiger partial charge in [0.1, 0.15) is 0 Å². The number of rotatable bonds is 9. The highest BCUT2D eigenvalue weighted by atomic mass is 35.5. The Bertz CT molecular complexity index is 421. The molecule has 2 rings (SSSR count). The smallest absolute Gasteiger partial charge is 0.0587 e. The first kappa shape index (κ1) is 15.6. The molecule has 0 bridgehead atoms. The molecule has 1 aromatic rings.